The number of hydrogen-bond donors (Lipinski definition) is 3. The SMILES string of the molecule is CC(C)(C)OC(=O)CCCC(/C=C/C(CCNC(=O)OC(C)(C)C)CCNC(=O)OC(C)(C)C)CCNC(=O)OC(C)(C)C. The molecule has 1 unspecified atom stereocenters. The highest BCUT2D eigenvalue weighted by Gasteiger charge is 2.20. The maximum Gasteiger partial charge on any atom is 0.407 e. The smallest absolute Gasteiger partial charge is 0.407 e. The van der Waals surface area contributed by atoms with E-state index in [9.17, 15) is 19.2 Å². The molecule has 0 fully saturated rings. The lowest BCUT2D eigenvalue weighted by atomic mass is 9.93. The summed E-state index contributed by atoms with van der Waals surface area (Å²) >= 11 is 0. The molecule has 0 radical (unpaired) electrons. The number of ether oxygens (including phenoxy) is 4. The first-order chi connectivity index (χ1) is 19.9. The molecule has 0 aromatic carbocycles. The third kappa shape index (κ3) is 26.6. The Morgan fingerprint density at radius 2 is 0.795 bits per heavy atom. The Morgan fingerprint density at radius 3 is 1.09 bits per heavy atom. The largest absolute Gasteiger partial charge is 0.460 e. The van der Waals surface area contributed by atoms with Crippen LogP contribution in [0, 0.1) is 11.8 Å². The van der Waals surface area contributed by atoms with Crippen molar-refractivity contribution < 1.29 is 38.1 Å². The van der Waals surface area contributed by atoms with E-state index in [0.29, 0.717) is 58.2 Å². The summed E-state index contributed by atoms with van der Waals surface area (Å²) in [4.78, 5) is 48.7. The van der Waals surface area contributed by atoms with Crippen molar-refractivity contribution in [3.05, 3.63) is 12.2 Å². The van der Waals surface area contributed by atoms with Crippen molar-refractivity contribution in [1.29, 1.82) is 0 Å². The second kappa shape index (κ2) is 18.7. The van der Waals surface area contributed by atoms with Crippen LogP contribution in [-0.4, -0.2) is 66.3 Å². The second-order valence-corrected chi connectivity index (χ2v) is 15.0. The fourth-order valence-electron chi connectivity index (χ4n) is 3.91. The maximum atomic E-state index is 12.3. The van der Waals surface area contributed by atoms with Crippen LogP contribution in [0.1, 0.15) is 122 Å². The molecule has 0 aromatic heterocycles. The number of rotatable bonds is 15. The summed E-state index contributed by atoms with van der Waals surface area (Å²) in [6.07, 6.45) is 6.24. The van der Waals surface area contributed by atoms with Crippen LogP contribution in [-0.2, 0) is 23.7 Å². The van der Waals surface area contributed by atoms with Crippen molar-refractivity contribution in [3.8, 4) is 0 Å². The fraction of sp³-hybridized carbons (Fsp3) is 0.818. The Morgan fingerprint density at radius 1 is 0.500 bits per heavy atom. The zero-order valence-electron chi connectivity index (χ0n) is 29.4. The molecule has 0 saturated carbocycles. The Labute approximate surface area is 265 Å². The number of esters is 1. The predicted octanol–water partition coefficient (Wildman–Crippen LogP) is 7.03. The maximum absolute atomic E-state index is 12.3. The monoisotopic (exact) mass is 627 g/mol. The zero-order chi connectivity index (χ0) is 34.2. The normalized spacial score (nSPS) is 13.3. The number of carbonyl (C=O) groups is 4. The molecule has 0 aliphatic heterocycles. The average molecular weight is 628 g/mol. The van der Waals surface area contributed by atoms with Gasteiger partial charge in [-0.3, -0.25) is 4.79 Å². The second-order valence-electron chi connectivity index (χ2n) is 15.0. The van der Waals surface area contributed by atoms with Crippen molar-refractivity contribution in [2.45, 2.75) is 144 Å². The molecule has 0 bridgehead atoms. The topological polar surface area (TPSA) is 141 Å². The van der Waals surface area contributed by atoms with Gasteiger partial charge < -0.3 is 34.9 Å². The number of nitrogens with one attached hydrogen (secondary N) is 3. The van der Waals surface area contributed by atoms with Gasteiger partial charge in [-0.1, -0.05) is 12.2 Å². The molecule has 0 saturated heterocycles. The first kappa shape index (κ1) is 41.0. The van der Waals surface area contributed by atoms with E-state index in [-0.39, 0.29) is 17.8 Å². The average Bonchev–Trinajstić information content (AvgIpc) is 2.76. The van der Waals surface area contributed by atoms with E-state index in [4.69, 9.17) is 18.9 Å². The number of alkyl carbamates (subject to hydrolysis) is 3. The number of allylic oxidation sites excluding steroid dienone is 2. The van der Waals surface area contributed by atoms with E-state index < -0.39 is 40.7 Å². The molecule has 3 amide bonds. The van der Waals surface area contributed by atoms with Gasteiger partial charge in [0.15, 0.2) is 0 Å². The number of amides is 3. The van der Waals surface area contributed by atoms with Crippen molar-refractivity contribution in [2.75, 3.05) is 19.6 Å². The lowest BCUT2D eigenvalue weighted by molar-refractivity contribution is -0.154. The van der Waals surface area contributed by atoms with Crippen LogP contribution < -0.4 is 16.0 Å². The van der Waals surface area contributed by atoms with Gasteiger partial charge in [0, 0.05) is 26.1 Å². The molecule has 0 spiro atoms. The molecule has 1 atom stereocenters. The van der Waals surface area contributed by atoms with Crippen molar-refractivity contribution in [1.82, 2.24) is 16.0 Å². The van der Waals surface area contributed by atoms with Gasteiger partial charge in [0.2, 0.25) is 0 Å². The molecule has 0 aliphatic rings. The van der Waals surface area contributed by atoms with E-state index in [1.165, 1.54) is 0 Å². The molecule has 44 heavy (non-hydrogen) atoms. The summed E-state index contributed by atoms with van der Waals surface area (Å²) in [5.74, 6) is -0.161. The molecule has 11 nitrogen and oxygen atoms in total. The van der Waals surface area contributed by atoms with Gasteiger partial charge >= 0.3 is 24.2 Å². The quantitative estimate of drug-likeness (QED) is 0.0998. The summed E-state index contributed by atoms with van der Waals surface area (Å²) < 4.78 is 21.5. The summed E-state index contributed by atoms with van der Waals surface area (Å²) in [5.41, 5.74) is -2.33. The molecule has 0 aliphatic carbocycles. The molecule has 0 heterocycles. The van der Waals surface area contributed by atoms with E-state index in [0.717, 1.165) is 0 Å². The summed E-state index contributed by atoms with van der Waals surface area (Å²) in [6.45, 7) is 23.0. The molecule has 11 heteroatoms. The van der Waals surface area contributed by atoms with Crippen LogP contribution in [0.2, 0.25) is 0 Å². The number of hydrogen-bond acceptors (Lipinski definition) is 8. The first-order valence-electron chi connectivity index (χ1n) is 15.7. The highest BCUT2D eigenvalue weighted by atomic mass is 16.6. The Balaban J connectivity index is 5.47. The molecule has 0 aromatic rings. The van der Waals surface area contributed by atoms with Crippen LogP contribution in [0.15, 0.2) is 12.2 Å². The fourth-order valence-corrected chi connectivity index (χ4v) is 3.91. The van der Waals surface area contributed by atoms with Crippen molar-refractivity contribution in [2.24, 2.45) is 11.8 Å². The van der Waals surface area contributed by atoms with E-state index >= 15 is 0 Å². The molecular weight excluding hydrogens is 566 g/mol. The van der Waals surface area contributed by atoms with Gasteiger partial charge in [0.05, 0.1) is 0 Å². The predicted molar refractivity (Wildman–Crippen MR) is 172 cm³/mol. The standard InChI is InChI=1S/C33H61N3O8/c1-30(2,3)41-26(37)15-13-14-24(18-21-34-27(38)42-31(4,5)6)16-17-25(19-22-35-28(39)43-32(7,8)9)20-23-36-29(40)44-33(10,11)12/h16-17,24-25H,13-15,18-23H2,1-12H3,(H,34,38)(H,35,39)(H,36,40)/b17-16+. The van der Waals surface area contributed by atoms with Crippen molar-refractivity contribution >= 4 is 24.2 Å². The van der Waals surface area contributed by atoms with E-state index in [2.05, 4.69) is 28.1 Å². The Bertz CT molecular complexity index is 779. The van der Waals surface area contributed by atoms with Gasteiger partial charge in [-0.15, -0.1) is 0 Å². The van der Waals surface area contributed by atoms with Crippen LogP contribution in [0.25, 0.3) is 0 Å². The molecule has 256 valence electrons. The summed E-state index contributed by atoms with van der Waals surface area (Å²) in [6, 6.07) is 0. The lowest BCUT2D eigenvalue weighted by Gasteiger charge is -2.22. The minimum absolute atomic E-state index is 0.0204. The lowest BCUT2D eigenvalue weighted by Crippen LogP contribution is -2.34. The highest BCUT2D eigenvalue weighted by molar-refractivity contribution is 5.70. The highest BCUT2D eigenvalue weighted by Crippen LogP contribution is 2.20. The van der Waals surface area contributed by atoms with Crippen LogP contribution in [0.5, 0.6) is 0 Å². The third-order valence-corrected chi connectivity index (χ3v) is 5.58. The van der Waals surface area contributed by atoms with Gasteiger partial charge in [-0.05, 0) is 127 Å². The van der Waals surface area contributed by atoms with Crippen LogP contribution in [0.3, 0.4) is 0 Å². The molecule has 3 N–H and O–H groups in total. The van der Waals surface area contributed by atoms with Gasteiger partial charge in [-0.2, -0.15) is 0 Å². The molecule has 0 rings (SSSR count). The van der Waals surface area contributed by atoms with Gasteiger partial charge in [0.1, 0.15) is 22.4 Å². The number of carbonyl (C=O) groups excluding carboxylic acids is 4. The van der Waals surface area contributed by atoms with E-state index in [1.54, 1.807) is 41.5 Å². The van der Waals surface area contributed by atoms with Gasteiger partial charge in [-0.25, -0.2) is 14.4 Å². The minimum Gasteiger partial charge on any atom is -0.460 e. The first-order valence-corrected chi connectivity index (χ1v) is 15.7. The van der Waals surface area contributed by atoms with E-state index in [1.807, 2.05) is 41.5 Å². The Kier molecular flexibility index (Phi) is 17.5. The summed E-state index contributed by atoms with van der Waals surface area (Å²) in [5, 5.41) is 8.41. The minimum atomic E-state index is -0.597. The van der Waals surface area contributed by atoms with Crippen molar-refractivity contribution in [3.63, 3.8) is 0 Å². The van der Waals surface area contributed by atoms with Crippen LogP contribution in [0.4, 0.5) is 14.4 Å². The zero-order valence-corrected chi connectivity index (χ0v) is 29.4. The Hall–Kier alpha value is -2.98. The molecular formula is C33H61N3O8. The summed E-state index contributed by atoms with van der Waals surface area (Å²) in [7, 11) is 0. The van der Waals surface area contributed by atoms with Crippen LogP contribution >= 0.6 is 0 Å². The third-order valence-electron chi connectivity index (χ3n) is 5.58. The van der Waals surface area contributed by atoms with Gasteiger partial charge in [0.25, 0.3) is 0 Å².